The highest BCUT2D eigenvalue weighted by Crippen LogP contribution is 2.29. The number of nitrogens with two attached hydrogens (primary N) is 1. The lowest BCUT2D eigenvalue weighted by atomic mass is 10.3. The summed E-state index contributed by atoms with van der Waals surface area (Å²) in [5.41, 5.74) is 5.98. The van der Waals surface area contributed by atoms with E-state index in [9.17, 15) is 10.1 Å². The molecule has 0 saturated carbocycles. The summed E-state index contributed by atoms with van der Waals surface area (Å²) >= 11 is 1.21. The van der Waals surface area contributed by atoms with Gasteiger partial charge in [0.05, 0.1) is 16.7 Å². The molecule has 0 aliphatic heterocycles. The molecule has 102 valence electrons. The Labute approximate surface area is 117 Å². The van der Waals surface area contributed by atoms with Gasteiger partial charge in [0, 0.05) is 17.0 Å². The van der Waals surface area contributed by atoms with E-state index in [1.807, 2.05) is 0 Å². The predicted octanol–water partition coefficient (Wildman–Crippen LogP) is 1.63. The monoisotopic (exact) mass is 291 g/mol. The lowest BCUT2D eigenvalue weighted by molar-refractivity contribution is -0.384. The van der Waals surface area contributed by atoms with Crippen LogP contribution in [0.1, 0.15) is 5.56 Å². The zero-order valence-electron chi connectivity index (χ0n) is 10.0. The van der Waals surface area contributed by atoms with Gasteiger partial charge in [0.15, 0.2) is 5.84 Å². The van der Waals surface area contributed by atoms with Crippen LogP contribution < -0.4 is 5.73 Å². The molecule has 0 atom stereocenters. The highest BCUT2D eigenvalue weighted by Gasteiger charge is 2.11. The third kappa shape index (κ3) is 3.01. The number of non-ortho nitro benzene ring substituents is 1. The van der Waals surface area contributed by atoms with Gasteiger partial charge in [-0.3, -0.25) is 10.1 Å². The van der Waals surface area contributed by atoms with Crippen molar-refractivity contribution in [3.05, 3.63) is 52.2 Å². The Balaban J connectivity index is 2.28. The van der Waals surface area contributed by atoms with Gasteiger partial charge in [-0.1, -0.05) is 16.9 Å². The molecule has 0 radical (unpaired) electrons. The lowest BCUT2D eigenvalue weighted by Crippen LogP contribution is -2.15. The van der Waals surface area contributed by atoms with Crippen LogP contribution in [0.4, 0.5) is 5.69 Å². The number of nitro benzene ring substituents is 1. The average molecular weight is 291 g/mol. The van der Waals surface area contributed by atoms with Crippen LogP contribution in [0.2, 0.25) is 0 Å². The summed E-state index contributed by atoms with van der Waals surface area (Å²) in [4.78, 5) is 10.8. The molecule has 0 saturated heterocycles. The first-order valence-electron chi connectivity index (χ1n) is 5.33. The van der Waals surface area contributed by atoms with Crippen molar-refractivity contribution in [2.24, 2.45) is 10.9 Å². The largest absolute Gasteiger partial charge is 0.409 e. The van der Waals surface area contributed by atoms with E-state index in [-0.39, 0.29) is 11.5 Å². The van der Waals surface area contributed by atoms with Crippen LogP contribution in [0.25, 0.3) is 0 Å². The van der Waals surface area contributed by atoms with Gasteiger partial charge in [0.1, 0.15) is 5.03 Å². The van der Waals surface area contributed by atoms with Crippen molar-refractivity contribution in [1.29, 1.82) is 0 Å². The minimum Gasteiger partial charge on any atom is -0.409 e. The Hall–Kier alpha value is -2.68. The Bertz CT molecular complexity index is 659. The molecule has 0 aliphatic rings. The van der Waals surface area contributed by atoms with Gasteiger partial charge in [0.2, 0.25) is 0 Å². The summed E-state index contributed by atoms with van der Waals surface area (Å²) in [5.74, 6) is -0.0793. The highest BCUT2D eigenvalue weighted by atomic mass is 32.2. The molecule has 1 aromatic heterocycles. The maximum absolute atomic E-state index is 10.6. The SMILES string of the molecule is NC(=NO)c1ccnnc1Sc1ccc([N+](=O)[O-])cc1. The van der Waals surface area contributed by atoms with Gasteiger partial charge >= 0.3 is 0 Å². The average Bonchev–Trinajstić information content (AvgIpc) is 2.47. The number of nitrogens with zero attached hydrogens (tertiary/aromatic N) is 4. The maximum atomic E-state index is 10.6. The second-order valence-electron chi connectivity index (χ2n) is 3.59. The number of oxime groups is 1. The van der Waals surface area contributed by atoms with Crippen molar-refractivity contribution < 1.29 is 10.1 Å². The molecule has 1 heterocycles. The summed E-state index contributed by atoms with van der Waals surface area (Å²) in [6, 6.07) is 7.53. The van der Waals surface area contributed by atoms with Gasteiger partial charge in [-0.2, -0.15) is 5.10 Å². The van der Waals surface area contributed by atoms with Crippen LogP contribution in [0.3, 0.4) is 0 Å². The highest BCUT2D eigenvalue weighted by molar-refractivity contribution is 7.99. The molecule has 0 bridgehead atoms. The van der Waals surface area contributed by atoms with Gasteiger partial charge in [-0.25, -0.2) is 0 Å². The van der Waals surface area contributed by atoms with Crippen LogP contribution in [0, 0.1) is 10.1 Å². The van der Waals surface area contributed by atoms with Crippen LogP contribution in [-0.4, -0.2) is 26.2 Å². The van der Waals surface area contributed by atoms with Crippen LogP contribution in [0.5, 0.6) is 0 Å². The van der Waals surface area contributed by atoms with Crippen molar-refractivity contribution in [3.8, 4) is 0 Å². The number of hydrogen-bond acceptors (Lipinski definition) is 7. The van der Waals surface area contributed by atoms with Crippen molar-refractivity contribution in [2.75, 3.05) is 0 Å². The normalized spacial score (nSPS) is 11.3. The molecule has 0 unspecified atom stereocenters. The second kappa shape index (κ2) is 5.97. The van der Waals surface area contributed by atoms with Crippen molar-refractivity contribution in [1.82, 2.24) is 10.2 Å². The van der Waals surface area contributed by atoms with E-state index in [2.05, 4.69) is 15.4 Å². The van der Waals surface area contributed by atoms with Crippen molar-refractivity contribution in [2.45, 2.75) is 9.92 Å². The first-order valence-corrected chi connectivity index (χ1v) is 6.15. The van der Waals surface area contributed by atoms with Crippen LogP contribution in [-0.2, 0) is 0 Å². The third-order valence-corrected chi connectivity index (χ3v) is 3.34. The Kier molecular flexibility index (Phi) is 4.11. The van der Waals surface area contributed by atoms with Crippen molar-refractivity contribution >= 4 is 23.3 Å². The zero-order chi connectivity index (χ0) is 14.5. The molecule has 0 spiro atoms. The van der Waals surface area contributed by atoms with E-state index in [0.29, 0.717) is 10.6 Å². The van der Waals surface area contributed by atoms with E-state index in [1.165, 1.54) is 30.1 Å². The summed E-state index contributed by atoms with van der Waals surface area (Å²) in [6.45, 7) is 0. The number of hydrogen-bond donors (Lipinski definition) is 2. The topological polar surface area (TPSA) is 128 Å². The zero-order valence-corrected chi connectivity index (χ0v) is 10.8. The molecule has 3 N–H and O–H groups in total. The van der Waals surface area contributed by atoms with Gasteiger partial charge in [-0.05, 0) is 18.2 Å². The summed E-state index contributed by atoms with van der Waals surface area (Å²) in [6.07, 6.45) is 1.42. The molecule has 0 aliphatic carbocycles. The molecular weight excluding hydrogens is 282 g/mol. The summed E-state index contributed by atoms with van der Waals surface area (Å²) < 4.78 is 0. The molecule has 0 amide bonds. The standard InChI is InChI=1S/C11H9N5O3S/c12-10(15-17)9-5-6-13-14-11(9)20-8-3-1-7(2-4-8)16(18)19/h1-6,17H,(H2,12,15). The number of amidine groups is 1. The smallest absolute Gasteiger partial charge is 0.269 e. The first kappa shape index (κ1) is 13.7. The maximum Gasteiger partial charge on any atom is 0.269 e. The minimum atomic E-state index is -0.474. The molecular formula is C11H9N5O3S. The molecule has 2 rings (SSSR count). The minimum absolute atomic E-state index is 0.00477. The number of rotatable bonds is 4. The second-order valence-corrected chi connectivity index (χ2v) is 4.65. The van der Waals surface area contributed by atoms with Gasteiger partial charge in [-0.15, -0.1) is 5.10 Å². The lowest BCUT2D eigenvalue weighted by Gasteiger charge is -2.05. The number of aromatic nitrogens is 2. The molecule has 8 nitrogen and oxygen atoms in total. The van der Waals surface area contributed by atoms with Crippen LogP contribution >= 0.6 is 11.8 Å². The van der Waals surface area contributed by atoms with E-state index >= 15 is 0 Å². The Morgan fingerprint density at radius 2 is 2.05 bits per heavy atom. The number of benzene rings is 1. The predicted molar refractivity (Wildman–Crippen MR) is 71.8 cm³/mol. The van der Waals surface area contributed by atoms with Gasteiger partial charge in [0.25, 0.3) is 5.69 Å². The molecule has 20 heavy (non-hydrogen) atoms. The van der Waals surface area contributed by atoms with Gasteiger partial charge < -0.3 is 10.9 Å². The fourth-order valence-corrected chi connectivity index (χ4v) is 2.26. The molecule has 9 heteroatoms. The summed E-state index contributed by atoms with van der Waals surface area (Å²) in [7, 11) is 0. The van der Waals surface area contributed by atoms with Crippen LogP contribution in [0.15, 0.2) is 51.6 Å². The van der Waals surface area contributed by atoms with E-state index in [1.54, 1.807) is 18.2 Å². The van der Waals surface area contributed by atoms with Crippen molar-refractivity contribution in [3.63, 3.8) is 0 Å². The number of nitro groups is 1. The first-order chi connectivity index (χ1) is 9.61. The van der Waals surface area contributed by atoms with E-state index in [4.69, 9.17) is 10.9 Å². The fraction of sp³-hybridized carbons (Fsp3) is 0. The third-order valence-electron chi connectivity index (χ3n) is 2.33. The fourth-order valence-electron chi connectivity index (χ4n) is 1.39. The molecule has 2 aromatic rings. The van der Waals surface area contributed by atoms with E-state index in [0.717, 1.165) is 4.90 Å². The Morgan fingerprint density at radius 1 is 1.35 bits per heavy atom. The Morgan fingerprint density at radius 3 is 2.65 bits per heavy atom. The quantitative estimate of drug-likeness (QED) is 0.288. The molecule has 1 aromatic carbocycles. The molecule has 0 fully saturated rings. The summed E-state index contributed by atoms with van der Waals surface area (Å²) in [5, 5.41) is 30.3. The van der Waals surface area contributed by atoms with E-state index < -0.39 is 4.92 Å².